The molecule has 0 aliphatic heterocycles. The van der Waals surface area contributed by atoms with Crippen LogP contribution in [0.1, 0.15) is 50.0 Å². The normalized spacial score (nSPS) is 15.9. The number of para-hydroxylation sites is 2. The largest absolute Gasteiger partial charge is 0.310 e. The third kappa shape index (κ3) is 5.39. The van der Waals surface area contributed by atoms with Crippen molar-refractivity contribution in [2.75, 3.05) is 4.90 Å². The van der Waals surface area contributed by atoms with Gasteiger partial charge in [-0.15, -0.1) is 0 Å². The molecule has 12 aromatic carbocycles. The Balaban J connectivity index is 1.02. The Labute approximate surface area is 436 Å². The van der Waals surface area contributed by atoms with E-state index in [9.17, 15) is 4.11 Å². The number of benzene rings is 12. The molecule has 13 aromatic rings. The van der Waals surface area contributed by atoms with Crippen molar-refractivity contribution >= 4 is 49.6 Å². The first-order valence-electron chi connectivity index (χ1n) is 27.5. The summed E-state index contributed by atoms with van der Waals surface area (Å²) in [5.74, 6) is 0. The molecule has 1 atom stereocenters. The van der Waals surface area contributed by atoms with Crippen LogP contribution < -0.4 is 4.90 Å². The van der Waals surface area contributed by atoms with Crippen molar-refractivity contribution in [2.24, 2.45) is 0 Å². The minimum absolute atomic E-state index is 0.0246. The number of aromatic nitrogens is 1. The van der Waals surface area contributed by atoms with Crippen LogP contribution in [0.4, 0.5) is 17.1 Å². The van der Waals surface area contributed by atoms with Crippen LogP contribution in [-0.4, -0.2) is 4.57 Å². The van der Waals surface area contributed by atoms with Gasteiger partial charge in [-0.3, -0.25) is 0 Å². The highest BCUT2D eigenvalue weighted by atomic mass is 15.1. The Hall–Kier alpha value is -9.50. The van der Waals surface area contributed by atoms with Gasteiger partial charge >= 0.3 is 0 Å². The summed E-state index contributed by atoms with van der Waals surface area (Å²) in [6.45, 7) is 0. The zero-order chi connectivity index (χ0) is 52.0. The van der Waals surface area contributed by atoms with E-state index in [1.54, 1.807) is 0 Å². The van der Waals surface area contributed by atoms with E-state index >= 15 is 0 Å². The van der Waals surface area contributed by atoms with Crippen molar-refractivity contribution < 1.29 is 5.48 Å². The average molecular weight is 943 g/mol. The molecule has 0 saturated heterocycles. The van der Waals surface area contributed by atoms with E-state index in [2.05, 4.69) is 264 Å². The van der Waals surface area contributed by atoms with Crippen LogP contribution in [0.2, 0.25) is 0 Å². The summed E-state index contributed by atoms with van der Waals surface area (Å²) in [6.07, 6.45) is 0. The fraction of sp³-hybridized carbons (Fsp3) is 0.0278. The van der Waals surface area contributed by atoms with Gasteiger partial charge in [0.15, 0.2) is 0 Å². The molecule has 16 rings (SSSR count). The van der Waals surface area contributed by atoms with Gasteiger partial charge in [0.05, 0.1) is 27.3 Å². The zero-order valence-corrected chi connectivity index (χ0v) is 40.1. The Bertz CT molecular complexity index is 4640. The molecule has 3 aliphatic carbocycles. The molecule has 1 spiro atoms. The first-order valence-corrected chi connectivity index (χ1v) is 25.5. The van der Waals surface area contributed by atoms with Crippen LogP contribution in [-0.2, 0) is 10.8 Å². The van der Waals surface area contributed by atoms with E-state index in [-0.39, 0.29) is 24.2 Å². The van der Waals surface area contributed by atoms with E-state index in [4.69, 9.17) is 1.37 Å². The van der Waals surface area contributed by atoms with Gasteiger partial charge in [-0.05, 0) is 149 Å². The highest BCUT2D eigenvalue weighted by Gasteiger charge is 2.51. The number of hydrogen-bond acceptors (Lipinski definition) is 1. The van der Waals surface area contributed by atoms with Crippen molar-refractivity contribution in [3.63, 3.8) is 0 Å². The molecule has 0 saturated carbocycles. The van der Waals surface area contributed by atoms with Gasteiger partial charge in [0.2, 0.25) is 0 Å². The molecular formula is C72H46N2. The fourth-order valence-corrected chi connectivity index (χ4v) is 13.7. The smallest absolute Gasteiger partial charge is 0.0726 e. The van der Waals surface area contributed by atoms with Crippen molar-refractivity contribution in [3.8, 4) is 39.1 Å². The Morgan fingerprint density at radius 1 is 0.324 bits per heavy atom. The van der Waals surface area contributed by atoms with Gasteiger partial charge in [0, 0.05) is 33.5 Å². The van der Waals surface area contributed by atoms with Crippen LogP contribution in [0.3, 0.4) is 0 Å². The van der Waals surface area contributed by atoms with Gasteiger partial charge in [0.1, 0.15) is 0 Å². The summed E-state index contributed by atoms with van der Waals surface area (Å²) in [6, 6.07) is 91.3. The lowest BCUT2D eigenvalue weighted by atomic mass is 9.61. The number of hydrogen-bond donors (Lipinski definition) is 0. The molecular weight excluding hydrogens is 893 g/mol. The molecule has 3 aliphatic rings. The third-order valence-electron chi connectivity index (χ3n) is 16.6. The van der Waals surface area contributed by atoms with Crippen molar-refractivity contribution in [1.29, 1.82) is 0 Å². The second kappa shape index (κ2) is 15.5. The molecule has 0 amide bonds. The molecule has 0 fully saturated rings. The minimum atomic E-state index is -1.12. The second-order valence-electron chi connectivity index (χ2n) is 20.0. The van der Waals surface area contributed by atoms with Gasteiger partial charge in [0.25, 0.3) is 0 Å². The first kappa shape index (κ1) is 37.3. The summed E-state index contributed by atoms with van der Waals surface area (Å²) in [4.78, 5) is 2.40. The second-order valence-corrected chi connectivity index (χ2v) is 20.0. The predicted octanol–water partition coefficient (Wildman–Crippen LogP) is 18.1. The van der Waals surface area contributed by atoms with E-state index in [0.29, 0.717) is 11.1 Å². The standard InChI is InChI=1S/C72H46N2/c1-4-22-48(23-5-1)71(49-24-6-2-7-25-49)62-33-14-10-28-54(62)57-41-38-52(45-66(57)71)73(51-40-43-69-61(44-51)59-31-13-17-37-68(59)74(69)50-26-8-3-9-27-50)53-39-42-58-55-29-11-15-34-63(55)72(67(58)46-53)64-35-16-12-30-56(64)60-32-18-20-47-21-19-36-65(72)70(47)60/h1-46H/i11D,15D,29D,34D. The SMILES string of the molecule is [2H]c1c([2H])c([2H])c2c(c1[2H])-c1ccc(N(c3ccc4c(c3)C(c3ccccc3)(c3ccccc3)c3ccccc3-4)c3ccc4c(c3)c3ccccc3n4-c3ccccc3)cc1C21c2ccccc2-c2cccc3cccc1c23. The van der Waals surface area contributed by atoms with E-state index in [1.165, 1.54) is 33.4 Å². The average Bonchev–Trinajstić information content (AvgIpc) is 3.70. The molecule has 2 heteroatoms. The van der Waals surface area contributed by atoms with Crippen LogP contribution in [0.5, 0.6) is 0 Å². The molecule has 0 bridgehead atoms. The minimum Gasteiger partial charge on any atom is -0.310 e. The maximum absolute atomic E-state index is 9.98. The molecule has 1 unspecified atom stereocenters. The summed E-state index contributed by atoms with van der Waals surface area (Å²) in [7, 11) is 0. The molecule has 0 N–H and O–H groups in total. The van der Waals surface area contributed by atoms with Gasteiger partial charge in [-0.25, -0.2) is 0 Å². The number of rotatable bonds is 6. The lowest BCUT2D eigenvalue weighted by Crippen LogP contribution is -2.32. The number of nitrogens with zero attached hydrogens (tertiary/aromatic N) is 2. The summed E-state index contributed by atoms with van der Waals surface area (Å²) in [5.41, 5.74) is 18.5. The molecule has 1 aromatic heterocycles. The summed E-state index contributed by atoms with van der Waals surface area (Å²) >= 11 is 0. The monoisotopic (exact) mass is 942 g/mol. The maximum Gasteiger partial charge on any atom is 0.0726 e. The van der Waals surface area contributed by atoms with Crippen LogP contribution in [0.25, 0.3) is 71.6 Å². The van der Waals surface area contributed by atoms with E-state index in [0.717, 1.165) is 88.7 Å². The van der Waals surface area contributed by atoms with Gasteiger partial charge in [-0.2, -0.15) is 0 Å². The predicted molar refractivity (Wildman–Crippen MR) is 307 cm³/mol. The zero-order valence-electron chi connectivity index (χ0n) is 44.1. The fourth-order valence-electron chi connectivity index (χ4n) is 13.7. The highest BCUT2D eigenvalue weighted by Crippen LogP contribution is 2.63. The summed E-state index contributed by atoms with van der Waals surface area (Å²) < 4.78 is 40.5. The van der Waals surface area contributed by atoms with Crippen LogP contribution in [0, 0.1) is 0 Å². The maximum atomic E-state index is 9.98. The topological polar surface area (TPSA) is 8.17 Å². The Morgan fingerprint density at radius 3 is 1.55 bits per heavy atom. The van der Waals surface area contributed by atoms with Crippen LogP contribution in [0.15, 0.2) is 279 Å². The molecule has 1 heterocycles. The molecule has 344 valence electrons. The summed E-state index contributed by atoms with van der Waals surface area (Å²) in [5, 5.41) is 4.43. The Morgan fingerprint density at radius 2 is 0.824 bits per heavy atom. The number of fused-ring (bicyclic) bond motifs is 15. The van der Waals surface area contributed by atoms with E-state index in [1.807, 2.05) is 0 Å². The van der Waals surface area contributed by atoms with Gasteiger partial charge in [-0.1, -0.05) is 218 Å². The van der Waals surface area contributed by atoms with Crippen molar-refractivity contribution in [2.45, 2.75) is 10.8 Å². The Kier molecular flexibility index (Phi) is 7.81. The molecule has 74 heavy (non-hydrogen) atoms. The molecule has 2 nitrogen and oxygen atoms in total. The van der Waals surface area contributed by atoms with Gasteiger partial charge < -0.3 is 9.47 Å². The highest BCUT2D eigenvalue weighted by molar-refractivity contribution is 6.11. The quantitative estimate of drug-likeness (QED) is 0.161. The lowest BCUT2D eigenvalue weighted by molar-refractivity contribution is 0.768. The van der Waals surface area contributed by atoms with Crippen molar-refractivity contribution in [1.82, 2.24) is 4.57 Å². The van der Waals surface area contributed by atoms with Crippen molar-refractivity contribution in [3.05, 3.63) is 323 Å². The number of anilines is 3. The van der Waals surface area contributed by atoms with E-state index < -0.39 is 10.8 Å². The third-order valence-corrected chi connectivity index (χ3v) is 16.6. The first-order chi connectivity index (χ1) is 38.4. The molecule has 0 radical (unpaired) electrons. The lowest BCUT2D eigenvalue weighted by Gasteiger charge is -2.40. The van der Waals surface area contributed by atoms with Crippen LogP contribution >= 0.6 is 0 Å².